The van der Waals surface area contributed by atoms with Gasteiger partial charge in [0.1, 0.15) is 12.0 Å². The lowest BCUT2D eigenvalue weighted by Crippen LogP contribution is -2.39. The van der Waals surface area contributed by atoms with Crippen molar-refractivity contribution in [2.45, 2.75) is 38.8 Å². The molecule has 0 N–H and O–H groups in total. The van der Waals surface area contributed by atoms with E-state index in [0.717, 1.165) is 36.9 Å². The van der Waals surface area contributed by atoms with Gasteiger partial charge in [-0.05, 0) is 44.2 Å². The zero-order valence-electron chi connectivity index (χ0n) is 14.7. The van der Waals surface area contributed by atoms with Gasteiger partial charge in [0.05, 0.1) is 9.75 Å². The predicted molar refractivity (Wildman–Crippen MR) is 93.5 cm³/mol. The first-order valence-electron chi connectivity index (χ1n) is 8.68. The highest BCUT2D eigenvalue weighted by atomic mass is 32.1. The fourth-order valence-corrected chi connectivity index (χ4v) is 4.37. The normalized spacial score (nSPS) is 17.9. The molecule has 0 bridgehead atoms. The number of alkyl halides is 3. The summed E-state index contributed by atoms with van der Waals surface area (Å²) in [6.45, 7) is 2.55. The summed E-state index contributed by atoms with van der Waals surface area (Å²) in [5.74, 6) is -0.952. The monoisotopic (exact) mass is 400 g/mol. The smallest absolute Gasteiger partial charge is 0.351 e. The molecular weight excluding hydrogens is 381 g/mol. The van der Waals surface area contributed by atoms with Gasteiger partial charge in [0, 0.05) is 25.1 Å². The van der Waals surface area contributed by atoms with Gasteiger partial charge in [-0.15, -0.1) is 11.3 Å². The van der Waals surface area contributed by atoms with Crippen molar-refractivity contribution in [3.8, 4) is 10.6 Å². The summed E-state index contributed by atoms with van der Waals surface area (Å²) >= 11 is 1.11. The van der Waals surface area contributed by atoms with E-state index in [9.17, 15) is 22.8 Å². The first-order chi connectivity index (χ1) is 12.8. The maximum atomic E-state index is 12.9. The molecule has 3 heterocycles. The molecule has 2 aromatic heterocycles. The number of carbonyl (C=O) groups excluding carboxylic acids is 2. The Labute approximate surface area is 158 Å². The lowest BCUT2D eigenvalue weighted by molar-refractivity contribution is -0.156. The van der Waals surface area contributed by atoms with Crippen molar-refractivity contribution in [3.05, 3.63) is 28.3 Å². The summed E-state index contributed by atoms with van der Waals surface area (Å²) in [6.07, 6.45) is -0.585. The van der Waals surface area contributed by atoms with E-state index in [2.05, 4.69) is 9.68 Å². The van der Waals surface area contributed by atoms with Crippen molar-refractivity contribution in [1.29, 1.82) is 0 Å². The summed E-state index contributed by atoms with van der Waals surface area (Å²) < 4.78 is 43.1. The quantitative estimate of drug-likeness (QED) is 0.690. The number of likely N-dealkylation sites (tertiary alicyclic amines) is 1. The Balaban J connectivity index is 1.75. The predicted octanol–water partition coefficient (Wildman–Crippen LogP) is 4.56. The van der Waals surface area contributed by atoms with Crippen LogP contribution in [0.2, 0.25) is 0 Å². The van der Waals surface area contributed by atoms with Crippen LogP contribution in [-0.4, -0.2) is 35.3 Å². The zero-order chi connectivity index (χ0) is 19.6. The Morgan fingerprint density at radius 3 is 2.89 bits per heavy atom. The van der Waals surface area contributed by atoms with Crippen LogP contribution in [0.1, 0.15) is 46.7 Å². The first kappa shape index (κ1) is 19.6. The second-order valence-electron chi connectivity index (χ2n) is 6.65. The number of aromatic nitrogens is 1. The van der Waals surface area contributed by atoms with Gasteiger partial charge in [0.2, 0.25) is 5.76 Å². The van der Waals surface area contributed by atoms with Crippen LogP contribution in [0.4, 0.5) is 13.2 Å². The molecular formula is C18H19F3N2O3S. The Morgan fingerprint density at radius 2 is 2.22 bits per heavy atom. The average Bonchev–Trinajstić information content (AvgIpc) is 3.25. The van der Waals surface area contributed by atoms with Gasteiger partial charge in [-0.1, -0.05) is 5.16 Å². The van der Waals surface area contributed by atoms with E-state index in [1.54, 1.807) is 17.0 Å². The van der Waals surface area contributed by atoms with Crippen LogP contribution in [0.25, 0.3) is 10.6 Å². The zero-order valence-corrected chi connectivity index (χ0v) is 15.5. The van der Waals surface area contributed by atoms with E-state index < -0.39 is 11.9 Å². The molecule has 146 valence electrons. The molecule has 0 saturated carbocycles. The SMILES string of the molecule is Cc1c(-c2ccc(C(=O)N3CCCC(CCC=O)C3)s2)noc1C(F)(F)F. The van der Waals surface area contributed by atoms with Gasteiger partial charge in [-0.2, -0.15) is 13.2 Å². The van der Waals surface area contributed by atoms with Crippen molar-refractivity contribution >= 4 is 23.5 Å². The first-order valence-corrected chi connectivity index (χ1v) is 9.49. The third-order valence-corrected chi connectivity index (χ3v) is 5.81. The molecule has 0 aliphatic carbocycles. The van der Waals surface area contributed by atoms with Gasteiger partial charge in [-0.3, -0.25) is 4.79 Å². The third-order valence-electron chi connectivity index (χ3n) is 4.73. The second kappa shape index (κ2) is 7.84. The Kier molecular flexibility index (Phi) is 5.69. The number of nitrogens with zero attached hydrogens (tertiary/aromatic N) is 2. The number of rotatable bonds is 5. The number of amides is 1. The molecule has 9 heteroatoms. The topological polar surface area (TPSA) is 63.4 Å². The lowest BCUT2D eigenvalue weighted by Gasteiger charge is -2.32. The minimum Gasteiger partial charge on any atom is -0.351 e. The molecule has 27 heavy (non-hydrogen) atoms. The van der Waals surface area contributed by atoms with E-state index in [1.807, 2.05) is 0 Å². The van der Waals surface area contributed by atoms with Crippen molar-refractivity contribution < 1.29 is 27.3 Å². The van der Waals surface area contributed by atoms with E-state index in [1.165, 1.54) is 6.92 Å². The summed E-state index contributed by atoms with van der Waals surface area (Å²) in [7, 11) is 0. The molecule has 1 atom stereocenters. The van der Waals surface area contributed by atoms with Crippen LogP contribution >= 0.6 is 11.3 Å². The highest BCUT2D eigenvalue weighted by Gasteiger charge is 2.39. The summed E-state index contributed by atoms with van der Waals surface area (Å²) in [6, 6.07) is 3.20. The second-order valence-corrected chi connectivity index (χ2v) is 7.73. The molecule has 1 aliphatic rings. The van der Waals surface area contributed by atoms with E-state index in [0.29, 0.717) is 35.2 Å². The number of thiophene rings is 1. The maximum absolute atomic E-state index is 12.9. The van der Waals surface area contributed by atoms with Crippen molar-refractivity contribution in [2.75, 3.05) is 13.1 Å². The number of hydrogen-bond acceptors (Lipinski definition) is 5. The van der Waals surface area contributed by atoms with E-state index in [-0.39, 0.29) is 17.2 Å². The minimum absolute atomic E-state index is 0.0877. The number of hydrogen-bond donors (Lipinski definition) is 0. The molecule has 2 aromatic rings. The lowest BCUT2D eigenvalue weighted by atomic mass is 9.93. The number of carbonyl (C=O) groups is 2. The molecule has 0 spiro atoms. The Bertz CT molecular complexity index is 828. The third kappa shape index (κ3) is 4.23. The fraction of sp³-hybridized carbons (Fsp3) is 0.500. The summed E-state index contributed by atoms with van der Waals surface area (Å²) in [5, 5.41) is 3.54. The summed E-state index contributed by atoms with van der Waals surface area (Å²) in [4.78, 5) is 26.0. The molecule has 3 rings (SSSR count). The average molecular weight is 400 g/mol. The summed E-state index contributed by atoms with van der Waals surface area (Å²) in [5.41, 5.74) is 0.0177. The molecule has 1 fully saturated rings. The minimum atomic E-state index is -4.60. The van der Waals surface area contributed by atoms with Crippen molar-refractivity contribution in [1.82, 2.24) is 10.1 Å². The molecule has 1 amide bonds. The molecule has 1 saturated heterocycles. The molecule has 1 aliphatic heterocycles. The van der Waals surface area contributed by atoms with Crippen LogP contribution < -0.4 is 0 Å². The Hall–Kier alpha value is -2.16. The molecule has 1 unspecified atom stereocenters. The fourth-order valence-electron chi connectivity index (χ4n) is 3.35. The van der Waals surface area contributed by atoms with E-state index >= 15 is 0 Å². The maximum Gasteiger partial charge on any atom is 0.452 e. The van der Waals surface area contributed by atoms with Gasteiger partial charge in [-0.25, -0.2) is 0 Å². The van der Waals surface area contributed by atoms with Crippen molar-refractivity contribution in [3.63, 3.8) is 0 Å². The highest BCUT2D eigenvalue weighted by Crippen LogP contribution is 2.38. The van der Waals surface area contributed by atoms with Gasteiger partial charge in [0.15, 0.2) is 0 Å². The van der Waals surface area contributed by atoms with Crippen molar-refractivity contribution in [2.24, 2.45) is 5.92 Å². The van der Waals surface area contributed by atoms with Gasteiger partial charge < -0.3 is 14.2 Å². The number of piperidine rings is 1. The molecule has 0 radical (unpaired) electrons. The van der Waals surface area contributed by atoms with Crippen LogP contribution in [0.15, 0.2) is 16.7 Å². The van der Waals surface area contributed by atoms with Crippen LogP contribution in [0, 0.1) is 12.8 Å². The van der Waals surface area contributed by atoms with E-state index in [4.69, 9.17) is 0 Å². The van der Waals surface area contributed by atoms with Crippen LogP contribution in [0.3, 0.4) is 0 Å². The largest absolute Gasteiger partial charge is 0.452 e. The highest BCUT2D eigenvalue weighted by molar-refractivity contribution is 7.17. The number of aldehydes is 1. The Morgan fingerprint density at radius 1 is 1.44 bits per heavy atom. The van der Waals surface area contributed by atoms with Gasteiger partial charge in [0.25, 0.3) is 5.91 Å². The molecule has 5 nitrogen and oxygen atoms in total. The van der Waals surface area contributed by atoms with Gasteiger partial charge >= 0.3 is 6.18 Å². The number of halogens is 3. The van der Waals surface area contributed by atoms with Crippen LogP contribution in [0.5, 0.6) is 0 Å². The van der Waals surface area contributed by atoms with Crippen LogP contribution in [-0.2, 0) is 11.0 Å². The standard InChI is InChI=1S/C18H19F3N2O3S/c1-11-15(22-26-16(11)18(19,20)21)13-6-7-14(27-13)17(25)23-8-2-4-12(10-23)5-3-9-24/h6-7,9,12H,2-5,8,10H2,1H3. The molecule has 0 aromatic carbocycles.